The topological polar surface area (TPSA) is 71.1 Å². The van der Waals surface area contributed by atoms with Crippen LogP contribution in [-0.4, -0.2) is 16.8 Å². The van der Waals surface area contributed by atoms with Crippen LogP contribution in [0.25, 0.3) is 10.2 Å². The SMILES string of the molecule is O=C(CCc1nc2ccccc2s1)NNC(=O)c1ccc(Cl)cc1Cl. The molecule has 0 bridgehead atoms. The Morgan fingerprint density at radius 3 is 2.64 bits per heavy atom. The molecule has 5 nitrogen and oxygen atoms in total. The lowest BCUT2D eigenvalue weighted by atomic mass is 10.2. The number of carbonyl (C=O) groups is 2. The molecule has 1 aromatic heterocycles. The van der Waals surface area contributed by atoms with Gasteiger partial charge in [0.05, 0.1) is 25.8 Å². The molecule has 0 aliphatic rings. The van der Waals surface area contributed by atoms with Gasteiger partial charge in [-0.05, 0) is 30.3 Å². The second-order valence-electron chi connectivity index (χ2n) is 5.20. The number of benzene rings is 2. The van der Waals surface area contributed by atoms with E-state index in [-0.39, 0.29) is 22.9 Å². The molecule has 0 aliphatic heterocycles. The Hall–Kier alpha value is -2.15. The van der Waals surface area contributed by atoms with Crippen LogP contribution < -0.4 is 10.9 Å². The van der Waals surface area contributed by atoms with Gasteiger partial charge in [-0.25, -0.2) is 4.98 Å². The Morgan fingerprint density at radius 1 is 1.08 bits per heavy atom. The number of rotatable bonds is 4. The van der Waals surface area contributed by atoms with Crippen molar-refractivity contribution in [2.75, 3.05) is 0 Å². The second kappa shape index (κ2) is 7.82. The Balaban J connectivity index is 1.51. The third kappa shape index (κ3) is 4.48. The highest BCUT2D eigenvalue weighted by Crippen LogP contribution is 2.22. The average molecular weight is 394 g/mol. The van der Waals surface area contributed by atoms with Gasteiger partial charge in [-0.3, -0.25) is 20.4 Å². The Labute approximate surface area is 157 Å². The molecule has 2 amide bonds. The first kappa shape index (κ1) is 17.7. The van der Waals surface area contributed by atoms with Gasteiger partial charge in [0.25, 0.3) is 5.91 Å². The molecule has 0 saturated carbocycles. The van der Waals surface area contributed by atoms with Gasteiger partial charge in [-0.15, -0.1) is 11.3 Å². The normalized spacial score (nSPS) is 10.6. The molecule has 0 unspecified atom stereocenters. The number of carbonyl (C=O) groups excluding carboxylic acids is 2. The number of amides is 2. The van der Waals surface area contributed by atoms with Crippen LogP contribution in [0, 0.1) is 0 Å². The van der Waals surface area contributed by atoms with E-state index in [1.807, 2.05) is 24.3 Å². The number of hydrogen-bond donors (Lipinski definition) is 2. The summed E-state index contributed by atoms with van der Waals surface area (Å²) in [5.41, 5.74) is 5.87. The summed E-state index contributed by atoms with van der Waals surface area (Å²) >= 11 is 13.3. The molecule has 0 radical (unpaired) electrons. The predicted molar refractivity (Wildman–Crippen MR) is 100 cm³/mol. The van der Waals surface area contributed by atoms with Crippen LogP contribution in [0.1, 0.15) is 21.8 Å². The van der Waals surface area contributed by atoms with E-state index in [4.69, 9.17) is 23.2 Å². The Bertz CT molecular complexity index is 910. The van der Waals surface area contributed by atoms with E-state index in [0.29, 0.717) is 11.4 Å². The van der Waals surface area contributed by atoms with E-state index in [2.05, 4.69) is 15.8 Å². The number of hydrazine groups is 1. The van der Waals surface area contributed by atoms with Crippen molar-refractivity contribution < 1.29 is 9.59 Å². The van der Waals surface area contributed by atoms with Crippen molar-refractivity contribution >= 4 is 56.6 Å². The van der Waals surface area contributed by atoms with Crippen LogP contribution in [0.4, 0.5) is 0 Å². The molecule has 8 heteroatoms. The lowest BCUT2D eigenvalue weighted by molar-refractivity contribution is -0.121. The number of aromatic nitrogens is 1. The van der Waals surface area contributed by atoms with Gasteiger partial charge >= 0.3 is 0 Å². The molecule has 1 heterocycles. The van der Waals surface area contributed by atoms with Gasteiger partial charge in [0.15, 0.2) is 0 Å². The number of nitrogens with one attached hydrogen (secondary N) is 2. The zero-order valence-corrected chi connectivity index (χ0v) is 15.2. The molecule has 25 heavy (non-hydrogen) atoms. The number of halogens is 2. The largest absolute Gasteiger partial charge is 0.273 e. The molecule has 3 aromatic rings. The number of fused-ring (bicyclic) bond motifs is 1. The summed E-state index contributed by atoms with van der Waals surface area (Å²) in [4.78, 5) is 28.4. The maximum atomic E-state index is 12.0. The number of hydrogen-bond acceptors (Lipinski definition) is 4. The van der Waals surface area contributed by atoms with E-state index in [1.165, 1.54) is 12.1 Å². The van der Waals surface area contributed by atoms with Crippen molar-refractivity contribution in [3.63, 3.8) is 0 Å². The van der Waals surface area contributed by atoms with Gasteiger partial charge in [0.1, 0.15) is 0 Å². The van der Waals surface area contributed by atoms with Crippen LogP contribution in [-0.2, 0) is 11.2 Å². The monoisotopic (exact) mass is 393 g/mol. The molecule has 0 saturated heterocycles. The van der Waals surface area contributed by atoms with Gasteiger partial charge in [-0.2, -0.15) is 0 Å². The lowest BCUT2D eigenvalue weighted by Crippen LogP contribution is -2.41. The van der Waals surface area contributed by atoms with Gasteiger partial charge < -0.3 is 0 Å². The smallest absolute Gasteiger partial charge is 0.271 e. The minimum Gasteiger partial charge on any atom is -0.273 e. The Morgan fingerprint density at radius 2 is 1.88 bits per heavy atom. The minimum atomic E-state index is -0.505. The fourth-order valence-corrected chi connectivity index (χ4v) is 3.64. The summed E-state index contributed by atoms with van der Waals surface area (Å²) in [7, 11) is 0. The van der Waals surface area contributed by atoms with Crippen LogP contribution in [0.5, 0.6) is 0 Å². The summed E-state index contributed by atoms with van der Waals surface area (Å²) in [6, 6.07) is 12.3. The lowest BCUT2D eigenvalue weighted by Gasteiger charge is -2.08. The van der Waals surface area contributed by atoms with Crippen molar-refractivity contribution in [3.05, 3.63) is 63.1 Å². The molecular weight excluding hydrogens is 381 g/mol. The first-order chi connectivity index (χ1) is 12.0. The Kier molecular flexibility index (Phi) is 5.53. The molecule has 2 N–H and O–H groups in total. The van der Waals surface area contributed by atoms with Crippen LogP contribution in [0.2, 0.25) is 10.0 Å². The van der Waals surface area contributed by atoms with E-state index < -0.39 is 5.91 Å². The number of nitrogens with zero attached hydrogens (tertiary/aromatic N) is 1. The standard InChI is InChI=1S/C17H13Cl2N3O2S/c18-10-5-6-11(12(19)9-10)17(24)22-21-15(23)7-8-16-20-13-3-1-2-4-14(13)25-16/h1-6,9H,7-8H2,(H,21,23)(H,22,24). The third-order valence-electron chi connectivity index (χ3n) is 3.40. The van der Waals surface area contributed by atoms with E-state index >= 15 is 0 Å². The minimum absolute atomic E-state index is 0.216. The van der Waals surface area contributed by atoms with Gasteiger partial charge in [0, 0.05) is 17.9 Å². The second-order valence-corrected chi connectivity index (χ2v) is 7.16. The van der Waals surface area contributed by atoms with Crippen LogP contribution in [0.15, 0.2) is 42.5 Å². The third-order valence-corrected chi connectivity index (χ3v) is 5.04. The molecular formula is C17H13Cl2N3O2S. The molecule has 2 aromatic carbocycles. The summed E-state index contributed by atoms with van der Waals surface area (Å²) in [5, 5.41) is 1.53. The van der Waals surface area contributed by atoms with Gasteiger partial charge in [0.2, 0.25) is 5.91 Å². The van der Waals surface area contributed by atoms with Crippen molar-refractivity contribution in [1.29, 1.82) is 0 Å². The van der Waals surface area contributed by atoms with Crippen molar-refractivity contribution in [2.45, 2.75) is 12.8 Å². The molecule has 0 fully saturated rings. The molecule has 3 rings (SSSR count). The number of thiazole rings is 1. The highest BCUT2D eigenvalue weighted by molar-refractivity contribution is 7.18. The first-order valence-corrected chi connectivity index (χ1v) is 8.99. The number of aryl methyl sites for hydroxylation is 1. The zero-order chi connectivity index (χ0) is 17.8. The first-order valence-electron chi connectivity index (χ1n) is 7.41. The van der Waals surface area contributed by atoms with E-state index in [9.17, 15) is 9.59 Å². The zero-order valence-electron chi connectivity index (χ0n) is 12.9. The van der Waals surface area contributed by atoms with Crippen LogP contribution >= 0.6 is 34.5 Å². The van der Waals surface area contributed by atoms with E-state index in [1.54, 1.807) is 17.4 Å². The van der Waals surface area contributed by atoms with E-state index in [0.717, 1.165) is 15.2 Å². The predicted octanol–water partition coefficient (Wildman–Crippen LogP) is 4.00. The fourth-order valence-electron chi connectivity index (χ4n) is 2.18. The summed E-state index contributed by atoms with van der Waals surface area (Å²) in [6.45, 7) is 0. The average Bonchev–Trinajstić information content (AvgIpc) is 3.01. The summed E-state index contributed by atoms with van der Waals surface area (Å²) in [6.07, 6.45) is 0.719. The number of para-hydroxylation sites is 1. The molecule has 0 spiro atoms. The molecule has 128 valence electrons. The molecule has 0 atom stereocenters. The fraction of sp³-hybridized carbons (Fsp3) is 0.118. The summed E-state index contributed by atoms with van der Waals surface area (Å²) in [5.74, 6) is -0.812. The quantitative estimate of drug-likeness (QED) is 0.658. The maximum absolute atomic E-state index is 12.0. The van der Waals surface area contributed by atoms with Gasteiger partial charge in [-0.1, -0.05) is 35.3 Å². The van der Waals surface area contributed by atoms with Crippen molar-refractivity contribution in [3.8, 4) is 0 Å². The maximum Gasteiger partial charge on any atom is 0.271 e. The van der Waals surface area contributed by atoms with Crippen molar-refractivity contribution in [1.82, 2.24) is 15.8 Å². The molecule has 0 aliphatic carbocycles. The summed E-state index contributed by atoms with van der Waals surface area (Å²) < 4.78 is 1.09. The van der Waals surface area contributed by atoms with Crippen LogP contribution in [0.3, 0.4) is 0 Å². The van der Waals surface area contributed by atoms with Crippen molar-refractivity contribution in [2.24, 2.45) is 0 Å². The highest BCUT2D eigenvalue weighted by Gasteiger charge is 2.12. The highest BCUT2D eigenvalue weighted by atomic mass is 35.5.